The van der Waals surface area contributed by atoms with E-state index in [0.717, 1.165) is 41.5 Å². The van der Waals surface area contributed by atoms with Crippen LogP contribution in [0, 0.1) is 23.7 Å². The van der Waals surface area contributed by atoms with Crippen molar-refractivity contribution in [2.24, 2.45) is 11.8 Å². The summed E-state index contributed by atoms with van der Waals surface area (Å²) in [6, 6.07) is 8.04. The van der Waals surface area contributed by atoms with Gasteiger partial charge in [-0.3, -0.25) is 4.98 Å². The van der Waals surface area contributed by atoms with Crippen LogP contribution in [0.25, 0.3) is 10.9 Å². The number of rotatable bonds is 1. The molecule has 4 rings (SSSR count). The summed E-state index contributed by atoms with van der Waals surface area (Å²) in [6.07, 6.45) is 5.77. The van der Waals surface area contributed by atoms with E-state index in [9.17, 15) is 4.39 Å². The lowest BCUT2D eigenvalue weighted by molar-refractivity contribution is 0.421. The van der Waals surface area contributed by atoms with E-state index < -0.39 is 0 Å². The molecule has 2 nitrogen and oxygen atoms in total. The second kappa shape index (κ2) is 4.19. The van der Waals surface area contributed by atoms with Crippen molar-refractivity contribution in [2.45, 2.75) is 19.3 Å². The minimum Gasteiger partial charge on any atom is -0.370 e. The average molecular weight is 255 g/mol. The summed E-state index contributed by atoms with van der Waals surface area (Å²) in [5.74, 6) is 1.42. The van der Waals surface area contributed by atoms with E-state index in [1.807, 2.05) is 0 Å². The maximum absolute atomic E-state index is 13.5. The van der Waals surface area contributed by atoms with E-state index in [1.54, 1.807) is 18.3 Å². The summed E-state index contributed by atoms with van der Waals surface area (Å²) in [7, 11) is 0. The van der Waals surface area contributed by atoms with Gasteiger partial charge in [0, 0.05) is 30.7 Å². The molecule has 0 amide bonds. The Labute approximate surface area is 112 Å². The Kier molecular flexibility index (Phi) is 2.47. The van der Waals surface area contributed by atoms with E-state index in [1.165, 1.54) is 25.3 Å². The smallest absolute Gasteiger partial charge is 0.124 e. The van der Waals surface area contributed by atoms with Gasteiger partial charge in [-0.2, -0.15) is 0 Å². The molecule has 19 heavy (non-hydrogen) atoms. The van der Waals surface area contributed by atoms with Crippen LogP contribution in [0.3, 0.4) is 0 Å². The molecule has 3 heteroatoms. The predicted octanol–water partition coefficient (Wildman–Crippen LogP) is 3.41. The van der Waals surface area contributed by atoms with Crippen molar-refractivity contribution in [2.75, 3.05) is 18.0 Å². The highest BCUT2D eigenvalue weighted by molar-refractivity contribution is 5.91. The van der Waals surface area contributed by atoms with Crippen LogP contribution in [0.15, 0.2) is 24.4 Å². The number of fused-ring (bicyclic) bond motifs is 3. The number of halogens is 1. The molecule has 1 radical (unpaired) electrons. The van der Waals surface area contributed by atoms with Crippen LogP contribution in [0.2, 0.25) is 0 Å². The normalized spacial score (nSPS) is 26.1. The first kappa shape index (κ1) is 11.2. The van der Waals surface area contributed by atoms with Crippen molar-refractivity contribution in [1.29, 1.82) is 0 Å². The number of benzene rings is 1. The van der Waals surface area contributed by atoms with Crippen LogP contribution in [-0.2, 0) is 0 Å². The lowest BCUT2D eigenvalue weighted by atomic mass is 9.98. The molecule has 1 saturated carbocycles. The molecule has 2 fully saturated rings. The van der Waals surface area contributed by atoms with Gasteiger partial charge in [0.25, 0.3) is 0 Å². The fraction of sp³-hybridized carbons (Fsp3) is 0.438. The zero-order chi connectivity index (χ0) is 12.8. The van der Waals surface area contributed by atoms with Crippen LogP contribution in [0.1, 0.15) is 19.3 Å². The fourth-order valence-corrected chi connectivity index (χ4v) is 3.70. The SMILES string of the molecule is Fc1ccc2nc[c]c(N3CC4CCC(C4)C3)c2c1. The molecule has 2 aromatic rings. The molecule has 2 heterocycles. The Morgan fingerprint density at radius 2 is 2.00 bits per heavy atom. The molecule has 1 saturated heterocycles. The van der Waals surface area contributed by atoms with Crippen LogP contribution in [0.4, 0.5) is 10.1 Å². The molecule has 2 unspecified atom stereocenters. The van der Waals surface area contributed by atoms with Gasteiger partial charge in [-0.25, -0.2) is 4.39 Å². The first-order valence-corrected chi connectivity index (χ1v) is 7.00. The molecular weight excluding hydrogens is 239 g/mol. The third-order valence-electron chi connectivity index (χ3n) is 4.54. The van der Waals surface area contributed by atoms with Gasteiger partial charge in [0.05, 0.1) is 11.2 Å². The number of pyridine rings is 1. The maximum Gasteiger partial charge on any atom is 0.124 e. The first-order chi connectivity index (χ1) is 9.29. The summed E-state index contributed by atoms with van der Waals surface area (Å²) in [5.41, 5.74) is 1.88. The van der Waals surface area contributed by atoms with Crippen molar-refractivity contribution in [1.82, 2.24) is 4.98 Å². The summed E-state index contributed by atoms with van der Waals surface area (Å²) in [6.45, 7) is 2.17. The molecular formula is C16H16FN2. The largest absolute Gasteiger partial charge is 0.370 e. The van der Waals surface area contributed by atoms with Gasteiger partial charge < -0.3 is 4.90 Å². The van der Waals surface area contributed by atoms with E-state index in [4.69, 9.17) is 0 Å². The van der Waals surface area contributed by atoms with E-state index >= 15 is 0 Å². The molecule has 1 aliphatic carbocycles. The van der Waals surface area contributed by atoms with Crippen LogP contribution in [-0.4, -0.2) is 18.1 Å². The minimum atomic E-state index is -0.199. The maximum atomic E-state index is 13.5. The molecule has 1 aliphatic heterocycles. The lowest BCUT2D eigenvalue weighted by Crippen LogP contribution is -2.36. The molecule has 2 atom stereocenters. The predicted molar refractivity (Wildman–Crippen MR) is 73.6 cm³/mol. The summed E-state index contributed by atoms with van der Waals surface area (Å²) in [4.78, 5) is 6.67. The Morgan fingerprint density at radius 1 is 1.21 bits per heavy atom. The molecule has 97 valence electrons. The highest BCUT2D eigenvalue weighted by Gasteiger charge is 2.33. The Morgan fingerprint density at radius 3 is 2.79 bits per heavy atom. The number of aromatic nitrogens is 1. The second-order valence-electron chi connectivity index (χ2n) is 5.86. The number of piperidine rings is 1. The highest BCUT2D eigenvalue weighted by Crippen LogP contribution is 2.39. The van der Waals surface area contributed by atoms with Gasteiger partial charge in [0.15, 0.2) is 0 Å². The zero-order valence-electron chi connectivity index (χ0n) is 10.8. The quantitative estimate of drug-likeness (QED) is 0.776. The first-order valence-electron chi connectivity index (χ1n) is 7.00. The van der Waals surface area contributed by atoms with Crippen molar-refractivity contribution in [3.05, 3.63) is 36.3 Å². The van der Waals surface area contributed by atoms with E-state index in [2.05, 4.69) is 16.0 Å². The topological polar surface area (TPSA) is 16.1 Å². The molecule has 0 spiro atoms. The van der Waals surface area contributed by atoms with Gasteiger partial charge in [0.1, 0.15) is 5.82 Å². The molecule has 2 bridgehead atoms. The van der Waals surface area contributed by atoms with Gasteiger partial charge in [0.2, 0.25) is 0 Å². The number of hydrogen-bond donors (Lipinski definition) is 0. The number of anilines is 1. The summed E-state index contributed by atoms with van der Waals surface area (Å²) < 4.78 is 13.5. The molecule has 0 N–H and O–H groups in total. The third-order valence-corrected chi connectivity index (χ3v) is 4.54. The molecule has 2 aliphatic rings. The van der Waals surface area contributed by atoms with E-state index in [-0.39, 0.29) is 5.82 Å². The minimum absolute atomic E-state index is 0.199. The summed E-state index contributed by atoms with van der Waals surface area (Å²) >= 11 is 0. The van der Waals surface area contributed by atoms with Crippen molar-refractivity contribution in [3.8, 4) is 0 Å². The van der Waals surface area contributed by atoms with Gasteiger partial charge in [-0.1, -0.05) is 0 Å². The zero-order valence-corrected chi connectivity index (χ0v) is 10.8. The second-order valence-corrected chi connectivity index (χ2v) is 5.86. The van der Waals surface area contributed by atoms with Gasteiger partial charge >= 0.3 is 0 Å². The van der Waals surface area contributed by atoms with Crippen molar-refractivity contribution in [3.63, 3.8) is 0 Å². The Bertz CT molecular complexity index is 613. The van der Waals surface area contributed by atoms with Gasteiger partial charge in [-0.05, 0) is 49.3 Å². The van der Waals surface area contributed by atoms with E-state index in [0.29, 0.717) is 0 Å². The lowest BCUT2D eigenvalue weighted by Gasteiger charge is -2.34. The van der Waals surface area contributed by atoms with Crippen LogP contribution in [0.5, 0.6) is 0 Å². The Hall–Kier alpha value is -1.64. The standard InChI is InChI=1S/C16H16FN2/c17-13-3-4-15-14(8-13)16(5-6-18-15)19-9-11-1-2-12(7-11)10-19/h3-4,6,8,11-12H,1-2,7,9-10H2. The monoisotopic (exact) mass is 255 g/mol. The Balaban J connectivity index is 1.80. The number of nitrogens with zero attached hydrogens (tertiary/aromatic N) is 2. The summed E-state index contributed by atoms with van der Waals surface area (Å²) in [5, 5.41) is 0.892. The third kappa shape index (κ3) is 1.88. The average Bonchev–Trinajstić information content (AvgIpc) is 2.77. The van der Waals surface area contributed by atoms with Crippen LogP contribution >= 0.6 is 0 Å². The fourth-order valence-electron chi connectivity index (χ4n) is 3.70. The highest BCUT2D eigenvalue weighted by atomic mass is 19.1. The van der Waals surface area contributed by atoms with Crippen molar-refractivity contribution < 1.29 is 4.39 Å². The molecule has 1 aromatic carbocycles. The van der Waals surface area contributed by atoms with Crippen LogP contribution < -0.4 is 4.90 Å². The van der Waals surface area contributed by atoms with Crippen molar-refractivity contribution >= 4 is 16.6 Å². The number of hydrogen-bond acceptors (Lipinski definition) is 2. The molecule has 1 aromatic heterocycles. The van der Waals surface area contributed by atoms with Gasteiger partial charge in [-0.15, -0.1) is 0 Å².